The lowest BCUT2D eigenvalue weighted by Crippen LogP contribution is -2.25. The largest absolute Gasteiger partial charge is 0.492 e. The molecule has 1 aromatic carbocycles. The molecule has 17 heavy (non-hydrogen) atoms. The summed E-state index contributed by atoms with van der Waals surface area (Å²) in [5.41, 5.74) is 6.07. The summed E-state index contributed by atoms with van der Waals surface area (Å²) in [6.07, 6.45) is 1.82. The highest BCUT2D eigenvalue weighted by atomic mass is 32.2. The van der Waals surface area contributed by atoms with Gasteiger partial charge in [-0.2, -0.15) is 0 Å². The molecule has 1 aliphatic rings. The van der Waals surface area contributed by atoms with Crippen LogP contribution in [-0.2, 0) is 10.0 Å². The van der Waals surface area contributed by atoms with E-state index in [1.54, 1.807) is 6.07 Å². The molecule has 0 bridgehead atoms. The van der Waals surface area contributed by atoms with Crippen LogP contribution in [0.1, 0.15) is 19.8 Å². The van der Waals surface area contributed by atoms with Crippen molar-refractivity contribution in [3.63, 3.8) is 0 Å². The summed E-state index contributed by atoms with van der Waals surface area (Å²) in [6, 6.07) is 4.61. The van der Waals surface area contributed by atoms with Crippen LogP contribution in [0.4, 0.5) is 5.69 Å². The van der Waals surface area contributed by atoms with Gasteiger partial charge in [0.1, 0.15) is 5.75 Å². The lowest BCUT2D eigenvalue weighted by Gasteiger charge is -2.09. The highest BCUT2D eigenvalue weighted by Gasteiger charge is 2.28. The summed E-state index contributed by atoms with van der Waals surface area (Å²) >= 11 is 0. The van der Waals surface area contributed by atoms with Gasteiger partial charge >= 0.3 is 0 Å². The molecule has 1 saturated carbocycles. The maximum atomic E-state index is 11.9. The van der Waals surface area contributed by atoms with E-state index in [4.69, 9.17) is 10.5 Å². The Labute approximate surface area is 101 Å². The number of hydrogen-bond acceptors (Lipinski definition) is 4. The van der Waals surface area contributed by atoms with Gasteiger partial charge in [0.15, 0.2) is 0 Å². The van der Waals surface area contributed by atoms with Crippen LogP contribution in [0, 0.1) is 0 Å². The third-order valence-corrected chi connectivity index (χ3v) is 4.01. The first-order valence-corrected chi connectivity index (χ1v) is 7.06. The molecule has 0 unspecified atom stereocenters. The normalized spacial score (nSPS) is 15.8. The maximum absolute atomic E-state index is 11.9. The average Bonchev–Trinajstić information content (AvgIpc) is 3.04. The quantitative estimate of drug-likeness (QED) is 0.773. The van der Waals surface area contributed by atoms with Gasteiger partial charge in [-0.05, 0) is 38.0 Å². The zero-order valence-electron chi connectivity index (χ0n) is 9.64. The minimum atomic E-state index is -3.44. The van der Waals surface area contributed by atoms with Crippen LogP contribution in [0.2, 0.25) is 0 Å². The predicted octanol–water partition coefficient (Wildman–Crippen LogP) is 1.11. The first-order valence-electron chi connectivity index (χ1n) is 5.57. The van der Waals surface area contributed by atoms with Crippen molar-refractivity contribution in [2.24, 2.45) is 0 Å². The van der Waals surface area contributed by atoms with Crippen molar-refractivity contribution < 1.29 is 13.2 Å². The van der Waals surface area contributed by atoms with E-state index in [-0.39, 0.29) is 10.9 Å². The molecule has 0 heterocycles. The smallest absolute Gasteiger partial charge is 0.240 e. The Morgan fingerprint density at radius 3 is 2.71 bits per heavy atom. The number of nitrogen functional groups attached to an aromatic ring is 1. The van der Waals surface area contributed by atoms with Gasteiger partial charge in [0.05, 0.1) is 17.2 Å². The molecule has 1 aromatic rings. The van der Waals surface area contributed by atoms with Gasteiger partial charge in [-0.1, -0.05) is 0 Å². The predicted molar refractivity (Wildman–Crippen MR) is 65.4 cm³/mol. The van der Waals surface area contributed by atoms with Crippen LogP contribution >= 0.6 is 0 Å². The molecular weight excluding hydrogens is 240 g/mol. The highest BCUT2D eigenvalue weighted by Crippen LogP contribution is 2.27. The van der Waals surface area contributed by atoms with Gasteiger partial charge in [0.2, 0.25) is 10.0 Å². The lowest BCUT2D eigenvalue weighted by molar-refractivity contribution is 0.342. The Kier molecular flexibility index (Phi) is 3.26. The number of nitrogens with one attached hydrogen (secondary N) is 1. The van der Waals surface area contributed by atoms with E-state index in [1.807, 2.05) is 6.92 Å². The third kappa shape index (κ3) is 2.89. The molecule has 1 aliphatic carbocycles. The number of benzene rings is 1. The van der Waals surface area contributed by atoms with Crippen LogP contribution in [0.25, 0.3) is 0 Å². The van der Waals surface area contributed by atoms with Crippen molar-refractivity contribution in [2.45, 2.75) is 30.7 Å². The Morgan fingerprint density at radius 1 is 1.47 bits per heavy atom. The lowest BCUT2D eigenvalue weighted by atomic mass is 10.3. The second-order valence-corrected chi connectivity index (χ2v) is 5.74. The summed E-state index contributed by atoms with van der Waals surface area (Å²) in [7, 11) is -3.44. The number of anilines is 1. The highest BCUT2D eigenvalue weighted by molar-refractivity contribution is 7.89. The van der Waals surface area contributed by atoms with Crippen molar-refractivity contribution in [3.8, 4) is 5.75 Å². The Balaban J connectivity index is 2.23. The molecule has 2 rings (SSSR count). The number of ether oxygens (including phenoxy) is 1. The Bertz CT molecular complexity index is 509. The van der Waals surface area contributed by atoms with Crippen molar-refractivity contribution in [3.05, 3.63) is 18.2 Å². The fourth-order valence-electron chi connectivity index (χ4n) is 1.47. The summed E-state index contributed by atoms with van der Waals surface area (Å²) in [4.78, 5) is 0.186. The van der Waals surface area contributed by atoms with Gasteiger partial charge < -0.3 is 10.5 Å². The molecule has 0 radical (unpaired) electrons. The standard InChI is InChI=1S/C11H16N2O3S/c1-2-16-11-6-5-9(7-10(11)12)17(14,15)13-8-3-4-8/h5-8,13H,2-4,12H2,1H3. The molecule has 0 saturated heterocycles. The van der Waals surface area contributed by atoms with E-state index in [1.165, 1.54) is 12.1 Å². The summed E-state index contributed by atoms with van der Waals surface area (Å²) < 4.78 is 31.7. The first kappa shape index (κ1) is 12.2. The summed E-state index contributed by atoms with van der Waals surface area (Å²) in [5.74, 6) is 0.512. The Morgan fingerprint density at radius 2 is 2.18 bits per heavy atom. The number of sulfonamides is 1. The van der Waals surface area contributed by atoms with Crippen LogP contribution in [0.5, 0.6) is 5.75 Å². The van der Waals surface area contributed by atoms with Crippen molar-refractivity contribution in [2.75, 3.05) is 12.3 Å². The van der Waals surface area contributed by atoms with E-state index in [0.717, 1.165) is 12.8 Å². The van der Waals surface area contributed by atoms with E-state index in [9.17, 15) is 8.42 Å². The molecule has 0 aliphatic heterocycles. The summed E-state index contributed by atoms with van der Waals surface area (Å²) in [6.45, 7) is 2.34. The second kappa shape index (κ2) is 4.54. The zero-order valence-corrected chi connectivity index (χ0v) is 10.5. The van der Waals surface area contributed by atoms with E-state index in [2.05, 4.69) is 4.72 Å². The SMILES string of the molecule is CCOc1ccc(S(=O)(=O)NC2CC2)cc1N. The van der Waals surface area contributed by atoms with Gasteiger partial charge in [-0.25, -0.2) is 13.1 Å². The molecule has 0 atom stereocenters. The van der Waals surface area contributed by atoms with E-state index >= 15 is 0 Å². The third-order valence-electron chi connectivity index (χ3n) is 2.49. The molecule has 0 aromatic heterocycles. The molecule has 6 heteroatoms. The van der Waals surface area contributed by atoms with Crippen LogP contribution in [-0.4, -0.2) is 21.1 Å². The zero-order chi connectivity index (χ0) is 12.5. The van der Waals surface area contributed by atoms with Crippen LogP contribution in [0.15, 0.2) is 23.1 Å². The fourth-order valence-corrected chi connectivity index (χ4v) is 2.81. The van der Waals surface area contributed by atoms with Crippen LogP contribution in [0.3, 0.4) is 0 Å². The van der Waals surface area contributed by atoms with Crippen molar-refractivity contribution >= 4 is 15.7 Å². The molecule has 94 valence electrons. The topological polar surface area (TPSA) is 81.4 Å². The molecule has 5 nitrogen and oxygen atoms in total. The average molecular weight is 256 g/mol. The molecule has 0 amide bonds. The Hall–Kier alpha value is -1.27. The second-order valence-electron chi connectivity index (χ2n) is 4.03. The first-order chi connectivity index (χ1) is 8.03. The van der Waals surface area contributed by atoms with Crippen molar-refractivity contribution in [1.29, 1.82) is 0 Å². The van der Waals surface area contributed by atoms with Gasteiger partial charge in [-0.3, -0.25) is 0 Å². The van der Waals surface area contributed by atoms with E-state index in [0.29, 0.717) is 18.0 Å². The number of rotatable bonds is 5. The fraction of sp³-hybridized carbons (Fsp3) is 0.455. The van der Waals surface area contributed by atoms with Gasteiger partial charge in [0, 0.05) is 6.04 Å². The molecule has 3 N–H and O–H groups in total. The van der Waals surface area contributed by atoms with Crippen molar-refractivity contribution in [1.82, 2.24) is 4.72 Å². The molecular formula is C11H16N2O3S. The molecule has 1 fully saturated rings. The monoisotopic (exact) mass is 256 g/mol. The van der Waals surface area contributed by atoms with E-state index < -0.39 is 10.0 Å². The van der Waals surface area contributed by atoms with Crippen LogP contribution < -0.4 is 15.2 Å². The number of nitrogens with two attached hydrogens (primary N) is 1. The molecule has 0 spiro atoms. The maximum Gasteiger partial charge on any atom is 0.240 e. The summed E-state index contributed by atoms with van der Waals surface area (Å²) in [5, 5.41) is 0. The van der Waals surface area contributed by atoms with Gasteiger partial charge in [0.25, 0.3) is 0 Å². The minimum Gasteiger partial charge on any atom is -0.492 e. The minimum absolute atomic E-state index is 0.0905. The van der Waals surface area contributed by atoms with Gasteiger partial charge in [-0.15, -0.1) is 0 Å². The number of hydrogen-bond donors (Lipinski definition) is 2.